The molecule has 114 valence electrons. The van der Waals surface area contributed by atoms with E-state index in [-0.39, 0.29) is 0 Å². The van der Waals surface area contributed by atoms with Crippen LogP contribution in [-0.4, -0.2) is 58.3 Å². The number of nitrogens with two attached hydrogens (primary N) is 1. The molecule has 5 heteroatoms. The summed E-state index contributed by atoms with van der Waals surface area (Å²) < 4.78 is 2.03. The Hall–Kier alpha value is -0.910. The van der Waals surface area contributed by atoms with Gasteiger partial charge in [0.2, 0.25) is 0 Å². The largest absolute Gasteiger partial charge is 0.329 e. The summed E-state index contributed by atoms with van der Waals surface area (Å²) in [6.07, 6.45) is 5.26. The standard InChI is InChI=1S/C15H29N5/c1-5-6-20-11-14(8-17-20)15(7-16)19-9-12(2)18(4)13(3)10-19/h8,11-13,15H,5-7,9-10,16H2,1-4H3. The normalized spacial score (nSPS) is 26.9. The molecule has 0 spiro atoms. The number of rotatable bonds is 5. The van der Waals surface area contributed by atoms with E-state index >= 15 is 0 Å². The van der Waals surface area contributed by atoms with Crippen LogP contribution in [0.4, 0.5) is 0 Å². The fourth-order valence-corrected chi connectivity index (χ4v) is 3.10. The van der Waals surface area contributed by atoms with Crippen LogP contribution in [0, 0.1) is 0 Å². The molecule has 0 aliphatic carbocycles. The third-order valence-corrected chi connectivity index (χ3v) is 4.54. The summed E-state index contributed by atoms with van der Waals surface area (Å²) >= 11 is 0. The van der Waals surface area contributed by atoms with Gasteiger partial charge in [0.25, 0.3) is 0 Å². The van der Waals surface area contributed by atoms with Crippen molar-refractivity contribution < 1.29 is 0 Å². The van der Waals surface area contributed by atoms with Crippen LogP contribution in [0.2, 0.25) is 0 Å². The number of aryl methyl sites for hydroxylation is 1. The molecule has 1 fully saturated rings. The Morgan fingerprint density at radius 2 is 2.00 bits per heavy atom. The van der Waals surface area contributed by atoms with Crippen molar-refractivity contribution >= 4 is 0 Å². The Balaban J connectivity index is 2.10. The van der Waals surface area contributed by atoms with Crippen LogP contribution in [0.1, 0.15) is 38.8 Å². The van der Waals surface area contributed by atoms with Crippen molar-refractivity contribution in [3.05, 3.63) is 18.0 Å². The van der Waals surface area contributed by atoms with Crippen LogP contribution in [0.3, 0.4) is 0 Å². The summed E-state index contributed by atoms with van der Waals surface area (Å²) in [5.41, 5.74) is 7.31. The second-order valence-electron chi connectivity index (χ2n) is 6.11. The molecule has 2 N–H and O–H groups in total. The molecule has 5 nitrogen and oxygen atoms in total. The number of hydrogen-bond acceptors (Lipinski definition) is 4. The Labute approximate surface area is 122 Å². The quantitative estimate of drug-likeness (QED) is 0.883. The summed E-state index contributed by atoms with van der Waals surface area (Å²) in [5.74, 6) is 0. The molecule has 1 saturated heterocycles. The van der Waals surface area contributed by atoms with Gasteiger partial charge in [0.05, 0.1) is 12.2 Å². The van der Waals surface area contributed by atoms with Crippen molar-refractivity contribution in [2.24, 2.45) is 5.73 Å². The van der Waals surface area contributed by atoms with Gasteiger partial charge >= 0.3 is 0 Å². The minimum atomic E-state index is 0.291. The van der Waals surface area contributed by atoms with Crippen LogP contribution in [0.25, 0.3) is 0 Å². The highest BCUT2D eigenvalue weighted by molar-refractivity contribution is 5.12. The lowest BCUT2D eigenvalue weighted by Gasteiger charge is -2.45. The van der Waals surface area contributed by atoms with Gasteiger partial charge in [-0.2, -0.15) is 5.10 Å². The van der Waals surface area contributed by atoms with E-state index in [1.807, 2.05) is 10.9 Å². The summed E-state index contributed by atoms with van der Waals surface area (Å²) in [6, 6.07) is 1.43. The van der Waals surface area contributed by atoms with Gasteiger partial charge in [0.1, 0.15) is 0 Å². The molecule has 20 heavy (non-hydrogen) atoms. The lowest BCUT2D eigenvalue weighted by Crippen LogP contribution is -2.56. The highest BCUT2D eigenvalue weighted by Crippen LogP contribution is 2.24. The third-order valence-electron chi connectivity index (χ3n) is 4.54. The van der Waals surface area contributed by atoms with Gasteiger partial charge in [-0.05, 0) is 27.3 Å². The molecule has 1 aromatic heterocycles. The van der Waals surface area contributed by atoms with Gasteiger partial charge in [-0.1, -0.05) is 6.92 Å². The van der Waals surface area contributed by atoms with Crippen LogP contribution < -0.4 is 5.73 Å². The minimum Gasteiger partial charge on any atom is -0.329 e. The molecule has 0 aromatic carbocycles. The maximum absolute atomic E-state index is 6.05. The minimum absolute atomic E-state index is 0.291. The Morgan fingerprint density at radius 1 is 1.35 bits per heavy atom. The van der Waals surface area contributed by atoms with E-state index in [9.17, 15) is 0 Å². The topological polar surface area (TPSA) is 50.3 Å². The van der Waals surface area contributed by atoms with Gasteiger partial charge < -0.3 is 5.73 Å². The molecule has 0 amide bonds. The molecular weight excluding hydrogens is 250 g/mol. The van der Waals surface area contributed by atoms with Gasteiger partial charge in [0, 0.05) is 50.0 Å². The van der Waals surface area contributed by atoms with Crippen molar-refractivity contribution in [3.63, 3.8) is 0 Å². The highest BCUT2D eigenvalue weighted by atomic mass is 15.3. The molecule has 2 rings (SSSR count). The Kier molecular flexibility index (Phi) is 5.18. The average molecular weight is 279 g/mol. The zero-order valence-electron chi connectivity index (χ0n) is 13.3. The second-order valence-corrected chi connectivity index (χ2v) is 6.11. The van der Waals surface area contributed by atoms with Gasteiger partial charge in [-0.3, -0.25) is 14.5 Å². The van der Waals surface area contributed by atoms with E-state index < -0.39 is 0 Å². The van der Waals surface area contributed by atoms with Crippen molar-refractivity contribution in [3.8, 4) is 0 Å². The first-order valence-electron chi connectivity index (χ1n) is 7.75. The third kappa shape index (κ3) is 3.22. The SMILES string of the molecule is CCCn1cc(C(CN)N2CC(C)N(C)C(C)C2)cn1. The van der Waals surface area contributed by atoms with Crippen molar-refractivity contribution in [2.45, 2.75) is 51.9 Å². The first kappa shape index (κ1) is 15.5. The maximum atomic E-state index is 6.05. The smallest absolute Gasteiger partial charge is 0.0538 e. The number of aromatic nitrogens is 2. The van der Waals surface area contributed by atoms with E-state index in [1.165, 1.54) is 5.56 Å². The lowest BCUT2D eigenvalue weighted by molar-refractivity contribution is 0.0352. The fourth-order valence-electron chi connectivity index (χ4n) is 3.10. The molecule has 3 unspecified atom stereocenters. The molecule has 0 radical (unpaired) electrons. The number of nitrogens with zero attached hydrogens (tertiary/aromatic N) is 4. The number of hydrogen-bond donors (Lipinski definition) is 1. The number of piperazine rings is 1. The first-order valence-corrected chi connectivity index (χ1v) is 7.75. The predicted molar refractivity (Wildman–Crippen MR) is 82.6 cm³/mol. The van der Waals surface area contributed by atoms with Gasteiger partial charge in [-0.25, -0.2) is 0 Å². The summed E-state index contributed by atoms with van der Waals surface area (Å²) in [7, 11) is 2.21. The molecule has 0 saturated carbocycles. The second kappa shape index (κ2) is 6.70. The zero-order valence-corrected chi connectivity index (χ0v) is 13.3. The van der Waals surface area contributed by atoms with Crippen molar-refractivity contribution in [1.29, 1.82) is 0 Å². The van der Waals surface area contributed by atoms with Gasteiger partial charge in [-0.15, -0.1) is 0 Å². The predicted octanol–water partition coefficient (Wildman–Crippen LogP) is 1.32. The van der Waals surface area contributed by atoms with E-state index in [1.54, 1.807) is 0 Å². The molecular formula is C15H29N5. The van der Waals surface area contributed by atoms with Crippen LogP contribution in [0.15, 0.2) is 12.4 Å². The van der Waals surface area contributed by atoms with E-state index in [0.717, 1.165) is 26.1 Å². The number of likely N-dealkylation sites (N-methyl/N-ethyl adjacent to an activating group) is 1. The Bertz CT molecular complexity index is 404. The summed E-state index contributed by atoms with van der Waals surface area (Å²) in [5, 5.41) is 4.45. The summed E-state index contributed by atoms with van der Waals surface area (Å²) in [4.78, 5) is 4.97. The fraction of sp³-hybridized carbons (Fsp3) is 0.800. The van der Waals surface area contributed by atoms with Crippen LogP contribution >= 0.6 is 0 Å². The molecule has 2 heterocycles. The Morgan fingerprint density at radius 3 is 2.55 bits per heavy atom. The van der Waals surface area contributed by atoms with E-state index in [2.05, 4.69) is 48.9 Å². The van der Waals surface area contributed by atoms with Gasteiger partial charge in [0.15, 0.2) is 0 Å². The first-order chi connectivity index (χ1) is 9.56. The molecule has 1 aromatic rings. The highest BCUT2D eigenvalue weighted by Gasteiger charge is 2.31. The lowest BCUT2D eigenvalue weighted by atomic mass is 10.0. The summed E-state index contributed by atoms with van der Waals surface area (Å²) in [6.45, 7) is 10.5. The maximum Gasteiger partial charge on any atom is 0.0538 e. The average Bonchev–Trinajstić information content (AvgIpc) is 2.85. The van der Waals surface area contributed by atoms with Crippen molar-refractivity contribution in [1.82, 2.24) is 19.6 Å². The van der Waals surface area contributed by atoms with E-state index in [4.69, 9.17) is 5.73 Å². The monoisotopic (exact) mass is 279 g/mol. The molecule has 1 aliphatic heterocycles. The molecule has 0 bridgehead atoms. The van der Waals surface area contributed by atoms with E-state index in [0.29, 0.717) is 24.7 Å². The van der Waals surface area contributed by atoms with Crippen LogP contribution in [0.5, 0.6) is 0 Å². The molecule has 3 atom stereocenters. The zero-order chi connectivity index (χ0) is 14.7. The van der Waals surface area contributed by atoms with Crippen molar-refractivity contribution in [2.75, 3.05) is 26.7 Å². The molecule has 1 aliphatic rings. The van der Waals surface area contributed by atoms with Crippen LogP contribution in [-0.2, 0) is 6.54 Å².